The number of rotatable bonds is 4. The quantitative estimate of drug-likeness (QED) is 0.859. The van der Waals surface area contributed by atoms with Gasteiger partial charge in [-0.15, -0.1) is 0 Å². The summed E-state index contributed by atoms with van der Waals surface area (Å²) in [6.07, 6.45) is 8.33. The summed E-state index contributed by atoms with van der Waals surface area (Å²) in [5.74, 6) is 1.42. The maximum atomic E-state index is 9.10. The van der Waals surface area contributed by atoms with Gasteiger partial charge in [-0.25, -0.2) is 0 Å². The second kappa shape index (κ2) is 7.66. The highest BCUT2D eigenvalue weighted by atomic mass is 16.5. The lowest BCUT2D eigenvalue weighted by atomic mass is 10.1. The fraction of sp³-hybridized carbons (Fsp3) is 0.389. The van der Waals surface area contributed by atoms with Crippen LogP contribution in [0.5, 0.6) is 5.75 Å². The summed E-state index contributed by atoms with van der Waals surface area (Å²) >= 11 is 0. The maximum absolute atomic E-state index is 9.10. The zero-order valence-corrected chi connectivity index (χ0v) is 12.5. The molecule has 0 aromatic heterocycles. The van der Waals surface area contributed by atoms with Crippen LogP contribution in [0.15, 0.2) is 43.0 Å². The van der Waals surface area contributed by atoms with Gasteiger partial charge >= 0.3 is 0 Å². The van der Waals surface area contributed by atoms with Gasteiger partial charge in [0.1, 0.15) is 17.9 Å². The van der Waals surface area contributed by atoms with E-state index in [-0.39, 0.29) is 6.10 Å². The first-order valence-electron chi connectivity index (χ1n) is 7.43. The lowest BCUT2D eigenvalue weighted by molar-refractivity contribution is 0.142. The highest BCUT2D eigenvalue weighted by molar-refractivity contribution is 5.47. The van der Waals surface area contributed by atoms with Crippen molar-refractivity contribution >= 4 is 0 Å². The van der Waals surface area contributed by atoms with Crippen molar-refractivity contribution in [1.29, 1.82) is 5.26 Å². The van der Waals surface area contributed by atoms with Crippen LogP contribution in [0.2, 0.25) is 0 Å². The Hall–Kier alpha value is -2.05. The number of nitrogens with zero attached hydrogens (tertiary/aromatic N) is 1. The monoisotopic (exact) mass is 282 g/mol. The number of nitriles is 1. The van der Waals surface area contributed by atoms with Crippen molar-refractivity contribution < 1.29 is 4.74 Å². The minimum atomic E-state index is 0.235. The fourth-order valence-electron chi connectivity index (χ4n) is 2.07. The van der Waals surface area contributed by atoms with Crippen LogP contribution < -0.4 is 10.1 Å². The van der Waals surface area contributed by atoms with Crippen LogP contribution in [0.1, 0.15) is 36.8 Å². The number of nitrogens with one attached hydrogen (secondary N) is 1. The molecular weight excluding hydrogens is 260 g/mol. The molecule has 0 unspecified atom stereocenters. The Morgan fingerprint density at radius 2 is 2.14 bits per heavy atom. The summed E-state index contributed by atoms with van der Waals surface area (Å²) in [6, 6.07) is 8.26. The van der Waals surface area contributed by atoms with E-state index in [1.54, 1.807) is 6.08 Å². The molecule has 1 N–H and O–H groups in total. The largest absolute Gasteiger partial charge is 0.486 e. The van der Waals surface area contributed by atoms with E-state index in [1.165, 1.54) is 18.4 Å². The molecule has 110 valence electrons. The van der Waals surface area contributed by atoms with Crippen LogP contribution in [0.3, 0.4) is 0 Å². The Balaban J connectivity index is 0.000000282. The van der Waals surface area contributed by atoms with Gasteiger partial charge in [-0.05, 0) is 43.4 Å². The van der Waals surface area contributed by atoms with E-state index in [9.17, 15) is 0 Å². The minimum Gasteiger partial charge on any atom is -0.486 e. The van der Waals surface area contributed by atoms with Gasteiger partial charge in [-0.2, -0.15) is 5.26 Å². The SMILES string of the molecule is C=C/C=C\C.N#Cc1cc(C2CC2)ccc1OC1CNC1. The van der Waals surface area contributed by atoms with Crippen molar-refractivity contribution in [3.63, 3.8) is 0 Å². The lowest BCUT2D eigenvalue weighted by Gasteiger charge is -2.28. The third kappa shape index (κ3) is 4.47. The van der Waals surface area contributed by atoms with Gasteiger partial charge in [-0.3, -0.25) is 0 Å². The normalized spacial score (nSPS) is 17.3. The summed E-state index contributed by atoms with van der Waals surface area (Å²) in [4.78, 5) is 0. The van der Waals surface area contributed by atoms with Gasteiger partial charge in [-0.1, -0.05) is 30.9 Å². The zero-order chi connectivity index (χ0) is 15.1. The molecule has 3 rings (SSSR count). The predicted octanol–water partition coefficient (Wildman–Crippen LogP) is 3.53. The molecule has 2 fully saturated rings. The molecule has 0 atom stereocenters. The van der Waals surface area contributed by atoms with E-state index in [4.69, 9.17) is 10.00 Å². The molecule has 0 amide bonds. The van der Waals surface area contributed by atoms with E-state index in [1.807, 2.05) is 31.2 Å². The Bertz CT molecular complexity index is 549. The van der Waals surface area contributed by atoms with Crippen molar-refractivity contribution in [3.05, 3.63) is 54.1 Å². The van der Waals surface area contributed by atoms with Crippen molar-refractivity contribution in [2.24, 2.45) is 0 Å². The summed E-state index contributed by atoms with van der Waals surface area (Å²) in [5.41, 5.74) is 1.96. The van der Waals surface area contributed by atoms with Crippen molar-refractivity contribution in [2.75, 3.05) is 13.1 Å². The third-order valence-electron chi connectivity index (χ3n) is 3.54. The number of hydrogen-bond donors (Lipinski definition) is 1. The molecule has 3 nitrogen and oxygen atoms in total. The summed E-state index contributed by atoms with van der Waals surface area (Å²) in [6.45, 7) is 7.19. The van der Waals surface area contributed by atoms with Crippen LogP contribution in [-0.4, -0.2) is 19.2 Å². The lowest BCUT2D eigenvalue weighted by Crippen LogP contribution is -2.50. The van der Waals surface area contributed by atoms with Gasteiger partial charge in [0.2, 0.25) is 0 Å². The Morgan fingerprint density at radius 1 is 1.38 bits per heavy atom. The maximum Gasteiger partial charge on any atom is 0.137 e. The summed E-state index contributed by atoms with van der Waals surface area (Å²) in [5, 5.41) is 12.3. The third-order valence-corrected chi connectivity index (χ3v) is 3.54. The average molecular weight is 282 g/mol. The molecule has 1 aromatic rings. The first kappa shape index (κ1) is 15.3. The Kier molecular flexibility index (Phi) is 5.59. The predicted molar refractivity (Wildman–Crippen MR) is 85.4 cm³/mol. The molecule has 0 spiro atoms. The first-order valence-corrected chi connectivity index (χ1v) is 7.43. The van der Waals surface area contributed by atoms with Crippen molar-refractivity contribution in [3.8, 4) is 11.8 Å². The molecule has 3 heteroatoms. The Labute approximate surface area is 126 Å². The van der Waals surface area contributed by atoms with Gasteiger partial charge in [0.15, 0.2) is 0 Å². The second-order valence-electron chi connectivity index (χ2n) is 5.30. The molecule has 1 heterocycles. The van der Waals surface area contributed by atoms with Gasteiger partial charge in [0.05, 0.1) is 5.56 Å². The molecule has 0 radical (unpaired) electrons. The summed E-state index contributed by atoms with van der Waals surface area (Å²) < 4.78 is 5.74. The van der Waals surface area contributed by atoms with E-state index < -0.39 is 0 Å². The molecule has 1 saturated heterocycles. The molecule has 0 bridgehead atoms. The highest BCUT2D eigenvalue weighted by Gasteiger charge is 2.25. The number of hydrogen-bond acceptors (Lipinski definition) is 3. The van der Waals surface area contributed by atoms with Crippen LogP contribution in [-0.2, 0) is 0 Å². The minimum absolute atomic E-state index is 0.235. The standard InChI is InChI=1S/C13H14N2O.C5H8/c14-6-11-5-10(9-1-2-9)3-4-13(11)16-12-7-15-8-12;1-3-5-4-2/h3-5,9,12,15H,1-2,7-8H2;3-5H,1H2,2H3/b;5-4-. The van der Waals surface area contributed by atoms with Crippen LogP contribution in [0, 0.1) is 11.3 Å². The number of ether oxygens (including phenoxy) is 1. The fourth-order valence-corrected chi connectivity index (χ4v) is 2.07. The number of benzene rings is 1. The van der Waals surface area contributed by atoms with Crippen molar-refractivity contribution in [2.45, 2.75) is 31.8 Å². The van der Waals surface area contributed by atoms with E-state index in [2.05, 4.69) is 24.0 Å². The van der Waals surface area contributed by atoms with E-state index >= 15 is 0 Å². The Morgan fingerprint density at radius 3 is 2.57 bits per heavy atom. The topological polar surface area (TPSA) is 45.0 Å². The smallest absolute Gasteiger partial charge is 0.137 e. The van der Waals surface area contributed by atoms with E-state index in [0.717, 1.165) is 18.8 Å². The molecule has 1 aliphatic heterocycles. The van der Waals surface area contributed by atoms with Crippen molar-refractivity contribution in [1.82, 2.24) is 5.32 Å². The zero-order valence-electron chi connectivity index (χ0n) is 12.5. The van der Waals surface area contributed by atoms with Crippen LogP contribution in [0.4, 0.5) is 0 Å². The molecule has 21 heavy (non-hydrogen) atoms. The first-order chi connectivity index (χ1) is 10.3. The van der Waals surface area contributed by atoms with Crippen LogP contribution in [0.25, 0.3) is 0 Å². The number of allylic oxidation sites excluding steroid dienone is 3. The highest BCUT2D eigenvalue weighted by Crippen LogP contribution is 2.41. The molecule has 2 aliphatic rings. The molecular formula is C18H22N2O. The second-order valence-corrected chi connectivity index (χ2v) is 5.30. The van der Waals surface area contributed by atoms with E-state index in [0.29, 0.717) is 11.5 Å². The van der Waals surface area contributed by atoms with Gasteiger partial charge < -0.3 is 10.1 Å². The van der Waals surface area contributed by atoms with Gasteiger partial charge in [0.25, 0.3) is 0 Å². The summed E-state index contributed by atoms with van der Waals surface area (Å²) in [7, 11) is 0. The molecule has 1 aromatic carbocycles. The van der Waals surface area contributed by atoms with Crippen LogP contribution >= 0.6 is 0 Å². The molecule has 1 aliphatic carbocycles. The van der Waals surface area contributed by atoms with Gasteiger partial charge in [0, 0.05) is 13.1 Å². The average Bonchev–Trinajstić information content (AvgIpc) is 3.29. The molecule has 1 saturated carbocycles.